The average molecular weight is 539 g/mol. The molecule has 0 saturated carbocycles. The van der Waals surface area contributed by atoms with Gasteiger partial charge in [0.2, 0.25) is 0 Å². The zero-order valence-corrected chi connectivity index (χ0v) is 25.6. The highest BCUT2D eigenvalue weighted by Gasteiger charge is 2.58. The number of hydrogen-bond donors (Lipinski definition) is 0. The highest BCUT2D eigenvalue weighted by molar-refractivity contribution is 5.63. The van der Waals surface area contributed by atoms with Gasteiger partial charge < -0.3 is 9.47 Å². The van der Waals surface area contributed by atoms with E-state index in [1.807, 2.05) is 90.1 Å². The van der Waals surface area contributed by atoms with Crippen molar-refractivity contribution in [3.8, 4) is 5.75 Å². The lowest BCUT2D eigenvalue weighted by molar-refractivity contribution is -1.10. The van der Waals surface area contributed by atoms with Crippen molar-refractivity contribution in [2.24, 2.45) is 0 Å². The second kappa shape index (κ2) is 15.2. The summed E-state index contributed by atoms with van der Waals surface area (Å²) in [6, 6.07) is 17.9. The highest BCUT2D eigenvalue weighted by Crippen LogP contribution is 2.41. The number of hydroxylamine groups is 3. The minimum Gasteiger partial charge on any atom is -0.457 e. The van der Waals surface area contributed by atoms with Gasteiger partial charge in [-0.1, -0.05) is 98.6 Å². The van der Waals surface area contributed by atoms with Crippen LogP contribution < -0.4 is 4.74 Å². The molecular formula is C34H52NO4+. The van der Waals surface area contributed by atoms with Crippen LogP contribution in [-0.2, 0) is 15.1 Å². The third-order valence-corrected chi connectivity index (χ3v) is 7.63. The predicted octanol–water partition coefficient (Wildman–Crippen LogP) is 9.82. The van der Waals surface area contributed by atoms with Gasteiger partial charge in [-0.3, -0.25) is 0 Å². The standard InChI is InChI=1S/C34H52NO4/c1-9-12-13-14-15-16-20-26-34(8,38-31-24-18-17-19-25-31)39-35(10-2,32(36)37-11-3)33(6,7)30-23-21-22-29(27-30)28(4)5/h17-19,21-25,27H,4,9-16,20,26H2,1-3,5-8H3/q+1. The van der Waals surface area contributed by atoms with E-state index in [9.17, 15) is 4.79 Å². The SMILES string of the molecule is C=C(C)c1cccc(C(C)(C)[N+](CC)(OC(C)(CCCCCCCCC)Oc2ccccc2)C(=O)OCC)c1. The largest absolute Gasteiger partial charge is 0.550 e. The monoisotopic (exact) mass is 538 g/mol. The van der Waals surface area contributed by atoms with Gasteiger partial charge in [-0.25, -0.2) is 0 Å². The summed E-state index contributed by atoms with van der Waals surface area (Å²) in [6.07, 6.45) is 8.50. The Balaban J connectivity index is 2.48. The Morgan fingerprint density at radius 2 is 1.51 bits per heavy atom. The van der Waals surface area contributed by atoms with Crippen molar-refractivity contribution in [2.45, 2.75) is 111 Å². The molecule has 2 rings (SSSR count). The molecule has 39 heavy (non-hydrogen) atoms. The van der Waals surface area contributed by atoms with E-state index in [0.717, 1.165) is 29.5 Å². The molecule has 0 saturated heterocycles. The Hall–Kier alpha value is -2.63. The maximum atomic E-state index is 13.9. The lowest BCUT2D eigenvalue weighted by Crippen LogP contribution is -2.66. The van der Waals surface area contributed by atoms with Gasteiger partial charge in [0.15, 0.2) is 5.54 Å². The average Bonchev–Trinajstić information content (AvgIpc) is 2.92. The van der Waals surface area contributed by atoms with Crippen LogP contribution in [0.15, 0.2) is 61.2 Å². The Bertz CT molecular complexity index is 1030. The molecule has 0 aliphatic heterocycles. The number of nitrogens with zero attached hydrogens (tertiary/aromatic N) is 1. The highest BCUT2D eigenvalue weighted by atomic mass is 16.9. The van der Waals surface area contributed by atoms with Crippen molar-refractivity contribution in [1.82, 2.24) is 0 Å². The molecule has 0 N–H and O–H groups in total. The van der Waals surface area contributed by atoms with Crippen LogP contribution in [0, 0.1) is 0 Å². The molecule has 2 unspecified atom stereocenters. The van der Waals surface area contributed by atoms with E-state index in [-0.39, 0.29) is 11.3 Å². The van der Waals surface area contributed by atoms with Crippen molar-refractivity contribution < 1.29 is 23.8 Å². The van der Waals surface area contributed by atoms with E-state index in [0.29, 0.717) is 18.7 Å². The first-order chi connectivity index (χ1) is 18.5. The second-order valence-corrected chi connectivity index (χ2v) is 11.2. The number of hydrogen-bond acceptors (Lipinski definition) is 4. The lowest BCUT2D eigenvalue weighted by atomic mass is 9.89. The summed E-state index contributed by atoms with van der Waals surface area (Å²) >= 11 is 0. The smallest absolute Gasteiger partial charge is 0.457 e. The first kappa shape index (κ1) is 32.6. The Labute approximate surface area is 237 Å². The van der Waals surface area contributed by atoms with E-state index in [1.54, 1.807) is 0 Å². The van der Waals surface area contributed by atoms with Gasteiger partial charge >= 0.3 is 6.09 Å². The number of para-hydroxylation sites is 1. The summed E-state index contributed by atoms with van der Waals surface area (Å²) in [5.74, 6) is -0.348. The third-order valence-electron chi connectivity index (χ3n) is 7.63. The summed E-state index contributed by atoms with van der Waals surface area (Å²) in [6.45, 7) is 18.8. The number of quaternary nitrogens is 1. The van der Waals surface area contributed by atoms with Gasteiger partial charge in [0.05, 0.1) is 6.61 Å². The molecule has 5 nitrogen and oxygen atoms in total. The van der Waals surface area contributed by atoms with Crippen molar-refractivity contribution in [1.29, 1.82) is 0 Å². The zero-order chi connectivity index (χ0) is 28.9. The van der Waals surface area contributed by atoms with Crippen LogP contribution in [0.2, 0.25) is 0 Å². The van der Waals surface area contributed by atoms with Crippen LogP contribution in [0.3, 0.4) is 0 Å². The normalized spacial score (nSPS) is 14.7. The molecule has 0 bridgehead atoms. The number of carbonyl (C=O) groups excluding carboxylic acids is 1. The fourth-order valence-corrected chi connectivity index (χ4v) is 5.16. The Morgan fingerprint density at radius 1 is 0.872 bits per heavy atom. The van der Waals surface area contributed by atoms with Gasteiger partial charge in [-0.05, 0) is 64.8 Å². The number of carbonyl (C=O) groups is 1. The second-order valence-electron chi connectivity index (χ2n) is 11.2. The molecule has 0 aliphatic rings. The number of rotatable bonds is 17. The van der Waals surface area contributed by atoms with E-state index in [2.05, 4.69) is 19.6 Å². The van der Waals surface area contributed by atoms with E-state index in [1.165, 1.54) is 32.1 Å². The van der Waals surface area contributed by atoms with Gasteiger partial charge in [-0.15, -0.1) is 4.84 Å². The van der Waals surface area contributed by atoms with Crippen LogP contribution in [0.5, 0.6) is 5.75 Å². The topological polar surface area (TPSA) is 44.8 Å². The van der Waals surface area contributed by atoms with E-state index in [4.69, 9.17) is 14.3 Å². The molecule has 0 radical (unpaired) electrons. The molecule has 1 amide bonds. The summed E-state index contributed by atoms with van der Waals surface area (Å²) in [7, 11) is 0. The summed E-state index contributed by atoms with van der Waals surface area (Å²) < 4.78 is 11.9. The van der Waals surface area contributed by atoms with Crippen LogP contribution in [-0.4, -0.2) is 29.7 Å². The van der Waals surface area contributed by atoms with Crippen LogP contribution >= 0.6 is 0 Å². The van der Waals surface area contributed by atoms with E-state index < -0.39 is 17.4 Å². The van der Waals surface area contributed by atoms with Gasteiger partial charge in [0, 0.05) is 18.9 Å². The first-order valence-electron chi connectivity index (χ1n) is 14.8. The molecule has 0 fully saturated rings. The molecule has 2 aromatic carbocycles. The van der Waals surface area contributed by atoms with Crippen molar-refractivity contribution in [2.75, 3.05) is 13.2 Å². The van der Waals surface area contributed by atoms with Crippen LogP contribution in [0.25, 0.3) is 5.57 Å². The van der Waals surface area contributed by atoms with Gasteiger partial charge in [0.1, 0.15) is 12.3 Å². The van der Waals surface area contributed by atoms with Crippen LogP contribution in [0.1, 0.15) is 111 Å². The molecule has 0 aromatic heterocycles. The number of allylic oxidation sites excluding steroid dienone is 1. The molecule has 0 spiro atoms. The van der Waals surface area contributed by atoms with Crippen molar-refractivity contribution in [3.05, 3.63) is 72.3 Å². The molecule has 216 valence electrons. The maximum absolute atomic E-state index is 13.9. The van der Waals surface area contributed by atoms with Gasteiger partial charge in [-0.2, -0.15) is 4.79 Å². The van der Waals surface area contributed by atoms with Gasteiger partial charge in [0.25, 0.3) is 5.79 Å². The molecular weight excluding hydrogens is 486 g/mol. The third kappa shape index (κ3) is 8.68. The van der Waals surface area contributed by atoms with E-state index >= 15 is 0 Å². The fourth-order valence-electron chi connectivity index (χ4n) is 5.16. The Morgan fingerprint density at radius 3 is 2.10 bits per heavy atom. The lowest BCUT2D eigenvalue weighted by Gasteiger charge is -2.47. The molecule has 5 heteroatoms. The number of unbranched alkanes of at least 4 members (excludes halogenated alkanes) is 6. The quantitative estimate of drug-likeness (QED) is 0.0870. The summed E-state index contributed by atoms with van der Waals surface area (Å²) in [5.41, 5.74) is 2.19. The van der Waals surface area contributed by atoms with Crippen molar-refractivity contribution in [3.63, 3.8) is 0 Å². The number of ether oxygens (including phenoxy) is 2. The molecule has 0 aliphatic carbocycles. The zero-order valence-electron chi connectivity index (χ0n) is 25.6. The maximum Gasteiger partial charge on any atom is 0.550 e. The molecule has 2 aromatic rings. The number of benzene rings is 2. The Kier molecular flexibility index (Phi) is 12.7. The summed E-state index contributed by atoms with van der Waals surface area (Å²) in [5, 5.41) is 0. The fraction of sp³-hybridized carbons (Fsp3) is 0.559. The minimum absolute atomic E-state index is 0.262. The van der Waals surface area contributed by atoms with Crippen LogP contribution in [0.4, 0.5) is 4.79 Å². The van der Waals surface area contributed by atoms with Crippen molar-refractivity contribution >= 4 is 11.7 Å². The first-order valence-corrected chi connectivity index (χ1v) is 14.8. The number of amides is 1. The summed E-state index contributed by atoms with van der Waals surface area (Å²) in [4.78, 5) is 20.9. The minimum atomic E-state index is -1.06. The molecule has 0 heterocycles. The predicted molar refractivity (Wildman–Crippen MR) is 161 cm³/mol. The molecule has 2 atom stereocenters.